The molecule has 13 heavy (non-hydrogen) atoms. The van der Waals surface area contributed by atoms with Gasteiger partial charge >= 0.3 is 23.9 Å². The quantitative estimate of drug-likeness (QED) is 0.488. The van der Waals surface area contributed by atoms with Crippen molar-refractivity contribution < 1.29 is 33.2 Å². The van der Waals surface area contributed by atoms with Crippen LogP contribution in [0.5, 0.6) is 0 Å². The van der Waals surface area contributed by atoms with Crippen LogP contribution in [0.3, 0.4) is 0 Å². The average Bonchev–Trinajstić information content (AvgIpc) is 2.66. The molecule has 0 N–H and O–H groups in total. The number of ether oxygens (including phenoxy) is 7. The van der Waals surface area contributed by atoms with Crippen molar-refractivity contribution in [3.63, 3.8) is 0 Å². The zero-order valence-corrected chi connectivity index (χ0v) is 6.01. The Morgan fingerprint density at radius 2 is 1.23 bits per heavy atom. The van der Waals surface area contributed by atoms with E-state index < -0.39 is 23.9 Å². The van der Waals surface area contributed by atoms with Gasteiger partial charge < -0.3 is 9.47 Å². The maximum Gasteiger partial charge on any atom is 0.332 e. The van der Waals surface area contributed by atoms with Crippen molar-refractivity contribution in [2.45, 2.75) is 36.1 Å². The number of epoxide rings is 2. The molecule has 7 heteroatoms. The monoisotopic (exact) mass is 186 g/mol. The molecule has 2 spiro atoms. The molecule has 4 bridgehead atoms. The molecule has 2 unspecified atom stereocenters. The van der Waals surface area contributed by atoms with Crippen molar-refractivity contribution in [3.05, 3.63) is 0 Å². The second kappa shape index (κ2) is 0.999. The van der Waals surface area contributed by atoms with Gasteiger partial charge in [0, 0.05) is 0 Å². The molecule has 8 aliphatic heterocycles. The first kappa shape index (κ1) is 5.56. The number of hydrogen-bond donors (Lipinski definition) is 0. The third kappa shape index (κ3) is 0.310. The second-order valence-corrected chi connectivity index (χ2v) is 3.92. The summed E-state index contributed by atoms with van der Waals surface area (Å²) in [5.41, 5.74) is 0. The van der Waals surface area contributed by atoms with E-state index in [1.54, 1.807) is 0 Å². The molecule has 0 aromatic rings. The van der Waals surface area contributed by atoms with E-state index in [9.17, 15) is 0 Å². The van der Waals surface area contributed by atoms with Crippen molar-refractivity contribution in [1.82, 2.24) is 0 Å². The first-order valence-corrected chi connectivity index (χ1v) is 4.08. The predicted molar refractivity (Wildman–Crippen MR) is 26.1 cm³/mol. The van der Waals surface area contributed by atoms with Crippen LogP contribution in [0, 0.1) is 0 Å². The van der Waals surface area contributed by atoms with E-state index in [0.717, 1.165) is 0 Å². The average molecular weight is 186 g/mol. The van der Waals surface area contributed by atoms with Crippen LogP contribution in [0.2, 0.25) is 0 Å². The SMILES string of the molecule is O1C2C13OC2(OC12OC4(OC41)O2)O3. The van der Waals surface area contributed by atoms with Crippen LogP contribution in [0.15, 0.2) is 0 Å². The van der Waals surface area contributed by atoms with Crippen molar-refractivity contribution in [2.75, 3.05) is 0 Å². The molecular weight excluding hydrogens is 184 g/mol. The fourth-order valence-electron chi connectivity index (χ4n) is 2.33. The summed E-state index contributed by atoms with van der Waals surface area (Å²) < 4.78 is 36.1. The zero-order valence-electron chi connectivity index (χ0n) is 6.01. The van der Waals surface area contributed by atoms with Gasteiger partial charge in [0.25, 0.3) is 0 Å². The van der Waals surface area contributed by atoms with E-state index in [-0.39, 0.29) is 12.2 Å². The Morgan fingerprint density at radius 3 is 1.46 bits per heavy atom. The second-order valence-electron chi connectivity index (χ2n) is 3.92. The van der Waals surface area contributed by atoms with Gasteiger partial charge in [-0.1, -0.05) is 0 Å². The first-order valence-electron chi connectivity index (χ1n) is 4.08. The van der Waals surface area contributed by atoms with Crippen LogP contribution in [0.25, 0.3) is 0 Å². The van der Waals surface area contributed by atoms with Gasteiger partial charge in [0.1, 0.15) is 0 Å². The van der Waals surface area contributed by atoms with E-state index >= 15 is 0 Å². The Balaban J connectivity index is 1.37. The fraction of sp³-hybridized carbons (Fsp3) is 1.00. The van der Waals surface area contributed by atoms with Crippen LogP contribution >= 0.6 is 0 Å². The normalized spacial score (nSPS) is 87.7. The lowest BCUT2D eigenvalue weighted by Crippen LogP contribution is -2.83. The summed E-state index contributed by atoms with van der Waals surface area (Å²) in [5.74, 6) is -3.71. The largest absolute Gasteiger partial charge is 0.332 e. The van der Waals surface area contributed by atoms with Gasteiger partial charge in [-0.3, -0.25) is 23.7 Å². The van der Waals surface area contributed by atoms with Crippen LogP contribution in [0.4, 0.5) is 0 Å². The molecule has 0 aromatic carbocycles. The van der Waals surface area contributed by atoms with Crippen molar-refractivity contribution >= 4 is 0 Å². The van der Waals surface area contributed by atoms with Gasteiger partial charge in [-0.25, -0.2) is 0 Å². The minimum absolute atomic E-state index is 0.115. The molecule has 0 amide bonds. The molecule has 8 fully saturated rings. The molecular formula is C6H2O7. The number of rotatable bonds is 2. The lowest BCUT2D eigenvalue weighted by molar-refractivity contribution is -0.726. The molecule has 0 saturated carbocycles. The summed E-state index contributed by atoms with van der Waals surface area (Å²) in [7, 11) is 0. The van der Waals surface area contributed by atoms with Gasteiger partial charge in [0.15, 0.2) is 0 Å². The summed E-state index contributed by atoms with van der Waals surface area (Å²) in [4.78, 5) is 0. The summed E-state index contributed by atoms with van der Waals surface area (Å²) >= 11 is 0. The molecule has 8 aliphatic rings. The minimum atomic E-state index is -1.08. The Morgan fingerprint density at radius 1 is 0.769 bits per heavy atom. The minimum Gasteiger partial charge on any atom is -0.304 e. The van der Waals surface area contributed by atoms with Crippen molar-refractivity contribution in [3.8, 4) is 0 Å². The Kier molecular flexibility index (Phi) is 0.428. The Labute approximate surface area is 70.3 Å². The highest BCUT2D eigenvalue weighted by atomic mass is 17.3. The van der Waals surface area contributed by atoms with Crippen LogP contribution in [-0.2, 0) is 33.2 Å². The zero-order chi connectivity index (χ0) is 8.10. The lowest BCUT2D eigenvalue weighted by atomic mass is 10.1. The molecule has 0 radical (unpaired) electrons. The van der Waals surface area contributed by atoms with E-state index in [1.165, 1.54) is 0 Å². The Bertz CT molecular complexity index is 342. The van der Waals surface area contributed by atoms with Gasteiger partial charge in [-0.15, -0.1) is 0 Å². The molecule has 8 rings (SSSR count). The molecule has 7 nitrogen and oxygen atoms in total. The predicted octanol–water partition coefficient (Wildman–Crippen LogP) is -1.46. The van der Waals surface area contributed by atoms with E-state index in [2.05, 4.69) is 0 Å². The van der Waals surface area contributed by atoms with E-state index in [0.29, 0.717) is 0 Å². The van der Waals surface area contributed by atoms with Crippen LogP contribution < -0.4 is 0 Å². The lowest BCUT2D eigenvalue weighted by Gasteiger charge is -2.60. The highest BCUT2D eigenvalue weighted by Gasteiger charge is 3.05. The van der Waals surface area contributed by atoms with E-state index in [4.69, 9.17) is 33.2 Å². The van der Waals surface area contributed by atoms with Crippen LogP contribution in [-0.4, -0.2) is 36.1 Å². The Hall–Kier alpha value is -0.280. The summed E-state index contributed by atoms with van der Waals surface area (Å²) in [5, 5.41) is 0. The van der Waals surface area contributed by atoms with Gasteiger partial charge in [-0.05, 0) is 0 Å². The summed E-state index contributed by atoms with van der Waals surface area (Å²) in [6.45, 7) is 0. The van der Waals surface area contributed by atoms with E-state index in [1.807, 2.05) is 0 Å². The summed E-state index contributed by atoms with van der Waals surface area (Å²) in [6, 6.07) is 0. The van der Waals surface area contributed by atoms with Gasteiger partial charge in [0.05, 0.1) is 0 Å². The standard InChI is InChI=1S/C6H2O7/c7-1-3(7)9-5(1,10-3)13-6-2-4(8-2,11-6)12-6/h1-2H. The van der Waals surface area contributed by atoms with Gasteiger partial charge in [0.2, 0.25) is 12.2 Å². The third-order valence-electron chi connectivity index (χ3n) is 3.16. The fourth-order valence-corrected chi connectivity index (χ4v) is 2.33. The maximum atomic E-state index is 5.39. The molecule has 2 atom stereocenters. The summed E-state index contributed by atoms with van der Waals surface area (Å²) in [6.07, 6.45) is -0.230. The van der Waals surface area contributed by atoms with Crippen molar-refractivity contribution in [1.29, 1.82) is 0 Å². The molecule has 0 aliphatic carbocycles. The highest BCUT2D eigenvalue weighted by molar-refractivity contribution is 5.21. The van der Waals surface area contributed by atoms with Crippen LogP contribution in [0.1, 0.15) is 0 Å². The molecule has 8 saturated heterocycles. The first-order chi connectivity index (χ1) is 6.21. The molecule has 8 heterocycles. The smallest absolute Gasteiger partial charge is 0.304 e. The maximum absolute atomic E-state index is 5.39. The number of hydrogen-bond acceptors (Lipinski definition) is 7. The van der Waals surface area contributed by atoms with Crippen molar-refractivity contribution in [2.24, 2.45) is 0 Å². The third-order valence-corrected chi connectivity index (χ3v) is 3.16. The molecule has 68 valence electrons. The highest BCUT2D eigenvalue weighted by Crippen LogP contribution is 2.79. The topological polar surface area (TPSA) is 71.2 Å². The molecule has 0 aromatic heterocycles. The van der Waals surface area contributed by atoms with Gasteiger partial charge in [-0.2, -0.15) is 0 Å².